The summed E-state index contributed by atoms with van der Waals surface area (Å²) in [4.78, 5) is 10.7. The van der Waals surface area contributed by atoms with Crippen molar-refractivity contribution < 1.29 is 4.79 Å². The van der Waals surface area contributed by atoms with Gasteiger partial charge < -0.3 is 5.73 Å². The first kappa shape index (κ1) is 8.80. The van der Waals surface area contributed by atoms with Crippen LogP contribution in [0.25, 0.3) is 0 Å². The molecule has 0 radical (unpaired) electrons. The molecule has 0 aliphatic heterocycles. The van der Waals surface area contributed by atoms with Crippen molar-refractivity contribution in [3.8, 4) is 0 Å². The van der Waals surface area contributed by atoms with Gasteiger partial charge in [0.05, 0.1) is 0 Å². The van der Waals surface area contributed by atoms with Crippen molar-refractivity contribution >= 4 is 45.1 Å². The van der Waals surface area contributed by atoms with Crippen LogP contribution in [0.15, 0.2) is 18.2 Å². The molecule has 0 spiro atoms. The monoisotopic (exact) mass is 281 g/mol. The first-order valence-electron chi connectivity index (χ1n) is 2.86. The second kappa shape index (κ2) is 3.40. The van der Waals surface area contributed by atoms with Crippen LogP contribution in [-0.2, 0) is 0 Å². The van der Waals surface area contributed by atoms with Crippen LogP contribution in [0.3, 0.4) is 0 Å². The maximum absolute atomic E-state index is 10.7. The van der Waals surface area contributed by atoms with E-state index in [1.54, 1.807) is 18.2 Å². The van der Waals surface area contributed by atoms with E-state index in [-0.39, 0.29) is 0 Å². The smallest absolute Gasteiger partial charge is 0.253 e. The second-order valence-corrected chi connectivity index (χ2v) is 3.52. The predicted octanol–water partition coefficient (Wildman–Crippen LogP) is 2.25. The molecule has 0 heterocycles. The van der Waals surface area contributed by atoms with E-state index < -0.39 is 5.24 Å². The Bertz CT molecular complexity index is 300. The first-order chi connectivity index (χ1) is 5.11. The van der Waals surface area contributed by atoms with E-state index in [0.717, 1.165) is 3.57 Å². The van der Waals surface area contributed by atoms with Crippen LogP contribution < -0.4 is 5.73 Å². The lowest BCUT2D eigenvalue weighted by atomic mass is 10.2. The molecule has 1 aromatic carbocycles. The quantitative estimate of drug-likeness (QED) is 0.487. The van der Waals surface area contributed by atoms with Gasteiger partial charge in [-0.05, 0) is 52.4 Å². The van der Waals surface area contributed by atoms with Gasteiger partial charge in [-0.15, -0.1) is 0 Å². The van der Waals surface area contributed by atoms with Gasteiger partial charge in [0.2, 0.25) is 0 Å². The summed E-state index contributed by atoms with van der Waals surface area (Å²) < 4.78 is 0.780. The summed E-state index contributed by atoms with van der Waals surface area (Å²) in [6.07, 6.45) is 0. The summed E-state index contributed by atoms with van der Waals surface area (Å²) >= 11 is 7.29. The number of hydrogen-bond donors (Lipinski definition) is 1. The highest BCUT2D eigenvalue weighted by molar-refractivity contribution is 14.1. The number of halogens is 2. The van der Waals surface area contributed by atoms with E-state index in [1.807, 2.05) is 22.6 Å². The van der Waals surface area contributed by atoms with Crippen LogP contribution in [0, 0.1) is 3.57 Å². The van der Waals surface area contributed by atoms with Crippen molar-refractivity contribution in [3.05, 3.63) is 27.3 Å². The molecule has 0 fully saturated rings. The highest BCUT2D eigenvalue weighted by Crippen LogP contribution is 2.17. The highest BCUT2D eigenvalue weighted by Gasteiger charge is 2.05. The van der Waals surface area contributed by atoms with Gasteiger partial charge in [-0.25, -0.2) is 0 Å². The first-order valence-corrected chi connectivity index (χ1v) is 4.32. The minimum Gasteiger partial charge on any atom is -0.399 e. The molecule has 0 aliphatic carbocycles. The lowest BCUT2D eigenvalue weighted by Crippen LogP contribution is -1.94. The number of carbonyl (C=O) groups is 1. The average molecular weight is 281 g/mol. The molecule has 0 amide bonds. The predicted molar refractivity (Wildman–Crippen MR) is 53.8 cm³/mol. The fraction of sp³-hybridized carbons (Fsp3) is 0. The second-order valence-electron chi connectivity index (χ2n) is 2.01. The molecule has 0 saturated carbocycles. The molecular weight excluding hydrogens is 276 g/mol. The van der Waals surface area contributed by atoms with Gasteiger partial charge in [0.25, 0.3) is 5.24 Å². The summed E-state index contributed by atoms with van der Waals surface area (Å²) in [5.74, 6) is 0. The Kier molecular flexibility index (Phi) is 2.72. The Morgan fingerprint density at radius 1 is 1.55 bits per heavy atom. The Labute approximate surface area is 82.9 Å². The van der Waals surface area contributed by atoms with E-state index in [4.69, 9.17) is 17.3 Å². The molecule has 58 valence electrons. The van der Waals surface area contributed by atoms with E-state index in [9.17, 15) is 4.79 Å². The standard InChI is InChI=1S/C7H5ClINO/c8-7(11)5-2-1-4(10)3-6(5)9/h1-3H,10H2. The summed E-state index contributed by atoms with van der Waals surface area (Å²) in [6, 6.07) is 4.97. The Balaban J connectivity index is 3.20. The zero-order chi connectivity index (χ0) is 8.43. The van der Waals surface area contributed by atoms with E-state index >= 15 is 0 Å². The van der Waals surface area contributed by atoms with Crippen LogP contribution in [0.2, 0.25) is 0 Å². The third kappa shape index (κ3) is 2.07. The van der Waals surface area contributed by atoms with Crippen LogP contribution in [0.1, 0.15) is 10.4 Å². The van der Waals surface area contributed by atoms with Crippen molar-refractivity contribution in [2.45, 2.75) is 0 Å². The van der Waals surface area contributed by atoms with Crippen LogP contribution in [0.4, 0.5) is 5.69 Å². The molecule has 0 atom stereocenters. The number of nitrogen functional groups attached to an aromatic ring is 1. The van der Waals surface area contributed by atoms with Gasteiger partial charge in [-0.2, -0.15) is 0 Å². The number of benzene rings is 1. The summed E-state index contributed by atoms with van der Waals surface area (Å²) in [6.45, 7) is 0. The van der Waals surface area contributed by atoms with Gasteiger partial charge in [0.15, 0.2) is 0 Å². The summed E-state index contributed by atoms with van der Waals surface area (Å²) in [5.41, 5.74) is 6.61. The molecule has 0 aliphatic rings. The zero-order valence-corrected chi connectivity index (χ0v) is 8.39. The van der Waals surface area contributed by atoms with Crippen molar-refractivity contribution in [3.63, 3.8) is 0 Å². The third-order valence-corrected chi connectivity index (χ3v) is 2.30. The molecule has 1 aromatic rings. The molecular formula is C7H5ClINO. The van der Waals surface area contributed by atoms with Gasteiger partial charge >= 0.3 is 0 Å². The minimum absolute atomic E-state index is 0.450. The van der Waals surface area contributed by atoms with Gasteiger partial charge in [-0.1, -0.05) is 0 Å². The SMILES string of the molecule is Nc1ccc(C(=O)Cl)c(I)c1. The van der Waals surface area contributed by atoms with E-state index in [0.29, 0.717) is 11.3 Å². The Morgan fingerprint density at radius 3 is 2.64 bits per heavy atom. The van der Waals surface area contributed by atoms with Crippen molar-refractivity contribution in [2.24, 2.45) is 0 Å². The van der Waals surface area contributed by atoms with Crippen LogP contribution >= 0.6 is 34.2 Å². The third-order valence-electron chi connectivity index (χ3n) is 1.20. The Hall–Kier alpha value is -0.290. The lowest BCUT2D eigenvalue weighted by molar-refractivity contribution is 0.108. The molecule has 4 heteroatoms. The number of nitrogens with two attached hydrogens (primary N) is 1. The normalized spacial score (nSPS) is 9.64. The van der Waals surface area contributed by atoms with Crippen molar-refractivity contribution in [1.29, 1.82) is 0 Å². The summed E-state index contributed by atoms with van der Waals surface area (Å²) in [7, 11) is 0. The number of rotatable bonds is 1. The molecule has 0 bridgehead atoms. The molecule has 2 nitrogen and oxygen atoms in total. The lowest BCUT2D eigenvalue weighted by Gasteiger charge is -1.98. The highest BCUT2D eigenvalue weighted by atomic mass is 127. The topological polar surface area (TPSA) is 43.1 Å². The van der Waals surface area contributed by atoms with Crippen molar-refractivity contribution in [2.75, 3.05) is 5.73 Å². The van der Waals surface area contributed by atoms with Crippen LogP contribution in [-0.4, -0.2) is 5.24 Å². The van der Waals surface area contributed by atoms with Gasteiger partial charge in [0, 0.05) is 14.8 Å². The largest absolute Gasteiger partial charge is 0.399 e. The maximum atomic E-state index is 10.7. The van der Waals surface area contributed by atoms with Gasteiger partial charge in [0.1, 0.15) is 0 Å². The fourth-order valence-corrected chi connectivity index (χ4v) is 1.80. The zero-order valence-electron chi connectivity index (χ0n) is 5.47. The Morgan fingerprint density at radius 2 is 2.18 bits per heavy atom. The molecule has 0 saturated heterocycles. The van der Waals surface area contributed by atoms with Gasteiger partial charge in [-0.3, -0.25) is 4.79 Å². The summed E-state index contributed by atoms with van der Waals surface area (Å²) in [5, 5.41) is -0.450. The number of hydrogen-bond acceptors (Lipinski definition) is 2. The molecule has 11 heavy (non-hydrogen) atoms. The van der Waals surface area contributed by atoms with E-state index in [2.05, 4.69) is 0 Å². The molecule has 0 unspecified atom stereocenters. The number of carbonyl (C=O) groups excluding carboxylic acids is 1. The van der Waals surface area contributed by atoms with E-state index in [1.165, 1.54) is 0 Å². The average Bonchev–Trinajstić information content (AvgIpc) is 1.85. The molecule has 2 N–H and O–H groups in total. The fourth-order valence-electron chi connectivity index (χ4n) is 0.691. The molecule has 0 aromatic heterocycles. The van der Waals surface area contributed by atoms with Crippen molar-refractivity contribution in [1.82, 2.24) is 0 Å². The van der Waals surface area contributed by atoms with Crippen LogP contribution in [0.5, 0.6) is 0 Å². The molecule has 1 rings (SSSR count). The minimum atomic E-state index is -0.450. The number of anilines is 1. The maximum Gasteiger partial charge on any atom is 0.253 e.